The first-order valence-electron chi connectivity index (χ1n) is 6.69. The molecule has 1 aliphatic rings. The van der Waals surface area contributed by atoms with Gasteiger partial charge in [0, 0.05) is 31.5 Å². The van der Waals surface area contributed by atoms with Crippen LogP contribution in [0.1, 0.15) is 32.7 Å². The van der Waals surface area contributed by atoms with Crippen LogP contribution in [0.5, 0.6) is 0 Å². The minimum Gasteiger partial charge on any atom is -0.352 e. The predicted octanol–water partition coefficient (Wildman–Crippen LogP) is 0.999. The normalized spacial score (nSPS) is 16.6. The van der Waals surface area contributed by atoms with Gasteiger partial charge in [-0.15, -0.1) is 0 Å². The minimum atomic E-state index is 0.0334. The van der Waals surface area contributed by atoms with E-state index < -0.39 is 0 Å². The summed E-state index contributed by atoms with van der Waals surface area (Å²) in [5, 5.41) is 0. The van der Waals surface area contributed by atoms with E-state index in [-0.39, 0.29) is 5.56 Å². The third-order valence-electron chi connectivity index (χ3n) is 3.41. The molecule has 1 aromatic rings. The third-order valence-corrected chi connectivity index (χ3v) is 3.41. The van der Waals surface area contributed by atoms with E-state index in [1.165, 1.54) is 0 Å². The number of hydrogen-bond acceptors (Lipinski definition) is 4. The molecule has 1 aromatic heterocycles. The van der Waals surface area contributed by atoms with E-state index in [9.17, 15) is 4.79 Å². The molecule has 0 spiro atoms. The second-order valence-electron chi connectivity index (χ2n) is 5.07. The Morgan fingerprint density at radius 1 is 1.61 bits per heavy atom. The van der Waals surface area contributed by atoms with E-state index in [1.807, 2.05) is 16.4 Å². The lowest BCUT2D eigenvalue weighted by Crippen LogP contribution is -2.37. The zero-order chi connectivity index (χ0) is 13.1. The third kappa shape index (κ3) is 2.72. The van der Waals surface area contributed by atoms with Crippen molar-refractivity contribution in [3.8, 4) is 0 Å². The van der Waals surface area contributed by atoms with Gasteiger partial charge in [0.2, 0.25) is 0 Å². The average molecular weight is 250 g/mol. The van der Waals surface area contributed by atoms with Crippen molar-refractivity contribution in [2.45, 2.75) is 32.7 Å². The number of anilines is 1. The van der Waals surface area contributed by atoms with Crippen molar-refractivity contribution in [1.82, 2.24) is 9.55 Å². The highest BCUT2D eigenvalue weighted by Crippen LogP contribution is 2.33. The van der Waals surface area contributed by atoms with Gasteiger partial charge in [0.25, 0.3) is 5.56 Å². The summed E-state index contributed by atoms with van der Waals surface area (Å²) in [5.74, 6) is 0.924. The highest BCUT2D eigenvalue weighted by molar-refractivity contribution is 5.35. The Bertz CT molecular complexity index is 453. The summed E-state index contributed by atoms with van der Waals surface area (Å²) >= 11 is 0. The van der Waals surface area contributed by atoms with Gasteiger partial charge in [0.15, 0.2) is 5.82 Å². The van der Waals surface area contributed by atoms with Crippen LogP contribution in [0.15, 0.2) is 17.2 Å². The van der Waals surface area contributed by atoms with Crippen molar-refractivity contribution in [3.63, 3.8) is 0 Å². The van der Waals surface area contributed by atoms with E-state index in [0.29, 0.717) is 24.3 Å². The van der Waals surface area contributed by atoms with Crippen LogP contribution in [0.3, 0.4) is 0 Å². The van der Waals surface area contributed by atoms with Gasteiger partial charge in [-0.25, -0.2) is 4.98 Å². The fraction of sp³-hybridized carbons (Fsp3) is 0.692. The molecule has 1 aliphatic carbocycles. The number of hydrogen-bond donors (Lipinski definition) is 1. The first kappa shape index (κ1) is 13.1. The van der Waals surface area contributed by atoms with E-state index in [0.717, 1.165) is 25.9 Å². The molecule has 0 saturated heterocycles. The van der Waals surface area contributed by atoms with Gasteiger partial charge in [-0.2, -0.15) is 0 Å². The fourth-order valence-electron chi connectivity index (χ4n) is 2.09. The van der Waals surface area contributed by atoms with Crippen molar-refractivity contribution >= 4 is 5.82 Å². The molecule has 0 amide bonds. The quantitative estimate of drug-likeness (QED) is 0.818. The molecule has 18 heavy (non-hydrogen) atoms. The molecular formula is C13H22N4O. The van der Waals surface area contributed by atoms with Crippen molar-refractivity contribution in [3.05, 3.63) is 22.7 Å². The highest BCUT2D eigenvalue weighted by Gasteiger charge is 2.26. The molecule has 0 aliphatic heterocycles. The second kappa shape index (κ2) is 5.52. The standard InChI is InChI=1S/C13H22N4O/c1-3-16(9-10(2)8-14)12-13(18)17(7-6-15-12)11-4-5-11/h6-7,10-11H,3-5,8-9,14H2,1-2H3. The van der Waals surface area contributed by atoms with Crippen LogP contribution in [0.2, 0.25) is 0 Å². The molecule has 1 unspecified atom stereocenters. The lowest BCUT2D eigenvalue weighted by Gasteiger charge is -2.24. The summed E-state index contributed by atoms with van der Waals surface area (Å²) in [4.78, 5) is 18.6. The van der Waals surface area contributed by atoms with Gasteiger partial charge >= 0.3 is 0 Å². The molecule has 100 valence electrons. The maximum absolute atomic E-state index is 12.3. The summed E-state index contributed by atoms with van der Waals surface area (Å²) in [5.41, 5.74) is 5.68. The summed E-state index contributed by atoms with van der Waals surface area (Å²) in [7, 11) is 0. The summed E-state index contributed by atoms with van der Waals surface area (Å²) in [6.45, 7) is 6.31. The van der Waals surface area contributed by atoms with Crippen LogP contribution in [0.4, 0.5) is 5.82 Å². The molecule has 0 radical (unpaired) electrons. The van der Waals surface area contributed by atoms with Crippen molar-refractivity contribution in [2.24, 2.45) is 11.7 Å². The monoisotopic (exact) mass is 250 g/mol. The van der Waals surface area contributed by atoms with Crippen LogP contribution in [0.25, 0.3) is 0 Å². The number of nitrogens with two attached hydrogens (primary N) is 1. The van der Waals surface area contributed by atoms with Gasteiger partial charge in [-0.1, -0.05) is 6.92 Å². The van der Waals surface area contributed by atoms with E-state index in [1.54, 1.807) is 12.4 Å². The Hall–Kier alpha value is -1.36. The zero-order valence-electron chi connectivity index (χ0n) is 11.2. The minimum absolute atomic E-state index is 0.0334. The molecule has 1 heterocycles. The van der Waals surface area contributed by atoms with E-state index >= 15 is 0 Å². The largest absolute Gasteiger partial charge is 0.352 e. The molecule has 5 nitrogen and oxygen atoms in total. The summed E-state index contributed by atoms with van der Waals surface area (Å²) in [6.07, 6.45) is 5.73. The number of nitrogens with zero attached hydrogens (tertiary/aromatic N) is 3. The van der Waals surface area contributed by atoms with Crippen LogP contribution < -0.4 is 16.2 Å². The lowest BCUT2D eigenvalue weighted by molar-refractivity contribution is 0.567. The maximum atomic E-state index is 12.3. The molecule has 1 fully saturated rings. The van der Waals surface area contributed by atoms with Crippen molar-refractivity contribution in [1.29, 1.82) is 0 Å². The smallest absolute Gasteiger partial charge is 0.293 e. The fourth-order valence-corrected chi connectivity index (χ4v) is 2.09. The second-order valence-corrected chi connectivity index (χ2v) is 5.07. The van der Waals surface area contributed by atoms with Crippen LogP contribution in [0, 0.1) is 5.92 Å². The Balaban J connectivity index is 2.24. The Morgan fingerprint density at radius 3 is 2.89 bits per heavy atom. The lowest BCUT2D eigenvalue weighted by atomic mass is 10.1. The van der Waals surface area contributed by atoms with Crippen molar-refractivity contribution in [2.75, 3.05) is 24.5 Å². The molecule has 1 atom stereocenters. The van der Waals surface area contributed by atoms with E-state index in [4.69, 9.17) is 5.73 Å². The van der Waals surface area contributed by atoms with E-state index in [2.05, 4.69) is 11.9 Å². The summed E-state index contributed by atoms with van der Waals surface area (Å²) < 4.78 is 1.82. The van der Waals surface area contributed by atoms with Crippen LogP contribution >= 0.6 is 0 Å². The molecule has 0 bridgehead atoms. The SMILES string of the molecule is CCN(CC(C)CN)c1nccn(C2CC2)c1=O. The molecular weight excluding hydrogens is 228 g/mol. The van der Waals surface area contributed by atoms with Gasteiger partial charge in [-0.3, -0.25) is 4.79 Å². The van der Waals surface area contributed by atoms with Crippen LogP contribution in [-0.2, 0) is 0 Å². The van der Waals surface area contributed by atoms with Crippen molar-refractivity contribution < 1.29 is 0 Å². The molecule has 1 saturated carbocycles. The van der Waals surface area contributed by atoms with Gasteiger partial charge < -0.3 is 15.2 Å². The number of aromatic nitrogens is 2. The van der Waals surface area contributed by atoms with Gasteiger partial charge in [0.1, 0.15) is 0 Å². The highest BCUT2D eigenvalue weighted by atomic mass is 16.1. The molecule has 2 N–H and O–H groups in total. The number of rotatable bonds is 6. The Kier molecular flexibility index (Phi) is 4.01. The molecule has 2 rings (SSSR count). The maximum Gasteiger partial charge on any atom is 0.293 e. The molecule has 0 aromatic carbocycles. The van der Waals surface area contributed by atoms with Gasteiger partial charge in [-0.05, 0) is 32.2 Å². The summed E-state index contributed by atoms with van der Waals surface area (Å²) in [6, 6.07) is 0.393. The first-order valence-corrected chi connectivity index (χ1v) is 6.69. The van der Waals surface area contributed by atoms with Gasteiger partial charge in [0.05, 0.1) is 0 Å². The Morgan fingerprint density at radius 2 is 2.33 bits per heavy atom. The zero-order valence-corrected chi connectivity index (χ0v) is 11.2. The molecule has 5 heteroatoms. The average Bonchev–Trinajstić information content (AvgIpc) is 3.20. The first-order chi connectivity index (χ1) is 8.67. The predicted molar refractivity (Wildman–Crippen MR) is 72.9 cm³/mol. The Labute approximate surface area is 108 Å². The topological polar surface area (TPSA) is 64.2 Å². The van der Waals surface area contributed by atoms with Crippen LogP contribution in [-0.4, -0.2) is 29.2 Å².